The molecule has 0 N–H and O–H groups in total. The van der Waals surface area contributed by atoms with Crippen molar-refractivity contribution in [2.24, 2.45) is 0 Å². The highest BCUT2D eigenvalue weighted by atomic mass is 32.1. The molecule has 6 nitrogen and oxygen atoms in total. The summed E-state index contributed by atoms with van der Waals surface area (Å²) in [7, 11) is 0. The Labute approximate surface area is 169 Å². The van der Waals surface area contributed by atoms with Crippen LogP contribution in [0.5, 0.6) is 5.75 Å². The quantitative estimate of drug-likeness (QED) is 0.699. The van der Waals surface area contributed by atoms with Crippen molar-refractivity contribution in [2.75, 3.05) is 4.90 Å². The van der Waals surface area contributed by atoms with E-state index in [9.17, 15) is 9.59 Å². The van der Waals surface area contributed by atoms with Crippen LogP contribution in [0.15, 0.2) is 18.2 Å². The molecule has 0 bridgehead atoms. The minimum absolute atomic E-state index is 0.199. The van der Waals surface area contributed by atoms with Crippen molar-refractivity contribution >= 4 is 28.9 Å². The van der Waals surface area contributed by atoms with Gasteiger partial charge in [0.05, 0.1) is 22.5 Å². The summed E-state index contributed by atoms with van der Waals surface area (Å²) >= 11 is 1.63. The number of hydrogen-bond acceptors (Lipinski definition) is 6. The van der Waals surface area contributed by atoms with Gasteiger partial charge in [-0.2, -0.15) is 0 Å². The Morgan fingerprint density at radius 2 is 2.07 bits per heavy atom. The SMILES string of the molecule is CCC(C)OC(=O)C(C)N1C(=O)C(C)Oc2ccc(-c3nc(C)sc3C)cc21. The zero-order chi connectivity index (χ0) is 20.6. The number of nitrogens with zero attached hydrogens (tertiary/aromatic N) is 2. The van der Waals surface area contributed by atoms with E-state index in [1.165, 1.54) is 4.90 Å². The summed E-state index contributed by atoms with van der Waals surface area (Å²) in [6.07, 6.45) is -0.148. The second-order valence-corrected chi connectivity index (χ2v) is 8.53. The maximum absolute atomic E-state index is 12.9. The van der Waals surface area contributed by atoms with Gasteiger partial charge in [0.1, 0.15) is 11.8 Å². The van der Waals surface area contributed by atoms with E-state index >= 15 is 0 Å². The molecule has 0 saturated heterocycles. The van der Waals surface area contributed by atoms with Crippen molar-refractivity contribution in [1.82, 2.24) is 4.98 Å². The van der Waals surface area contributed by atoms with Gasteiger partial charge in [-0.15, -0.1) is 11.3 Å². The van der Waals surface area contributed by atoms with E-state index in [1.807, 2.05) is 45.9 Å². The van der Waals surface area contributed by atoms with Gasteiger partial charge in [-0.25, -0.2) is 9.78 Å². The van der Waals surface area contributed by atoms with Gasteiger partial charge < -0.3 is 9.47 Å². The molecular weight excluding hydrogens is 376 g/mol. The third-order valence-corrected chi connectivity index (χ3v) is 5.79. The number of hydrogen-bond donors (Lipinski definition) is 0. The molecule has 3 unspecified atom stereocenters. The van der Waals surface area contributed by atoms with Crippen LogP contribution in [0.25, 0.3) is 11.3 Å². The van der Waals surface area contributed by atoms with E-state index in [-0.39, 0.29) is 12.0 Å². The highest BCUT2D eigenvalue weighted by Gasteiger charge is 2.38. The molecule has 0 aliphatic carbocycles. The summed E-state index contributed by atoms with van der Waals surface area (Å²) in [4.78, 5) is 32.7. The Balaban J connectivity index is 2.02. The largest absolute Gasteiger partial charge is 0.479 e. The number of amides is 1. The molecule has 0 spiro atoms. The molecule has 1 aromatic carbocycles. The van der Waals surface area contributed by atoms with Gasteiger partial charge in [-0.1, -0.05) is 6.92 Å². The van der Waals surface area contributed by atoms with Crippen molar-refractivity contribution in [3.05, 3.63) is 28.1 Å². The predicted octanol–water partition coefficient (Wildman–Crippen LogP) is 4.27. The number of benzene rings is 1. The van der Waals surface area contributed by atoms with E-state index in [0.717, 1.165) is 27.6 Å². The lowest BCUT2D eigenvalue weighted by molar-refractivity contribution is -0.151. The minimum atomic E-state index is -0.750. The summed E-state index contributed by atoms with van der Waals surface area (Å²) in [5.74, 6) is -0.109. The number of aryl methyl sites for hydroxylation is 2. The zero-order valence-electron chi connectivity index (χ0n) is 17.1. The molecular formula is C21H26N2O4S. The lowest BCUT2D eigenvalue weighted by Gasteiger charge is -2.36. The molecule has 1 aliphatic rings. The molecule has 3 atom stereocenters. The fourth-order valence-electron chi connectivity index (χ4n) is 3.19. The topological polar surface area (TPSA) is 68.7 Å². The Bertz CT molecular complexity index is 908. The smallest absolute Gasteiger partial charge is 0.329 e. The second-order valence-electron chi connectivity index (χ2n) is 7.12. The van der Waals surface area contributed by atoms with Gasteiger partial charge in [-0.3, -0.25) is 9.69 Å². The number of carbonyl (C=O) groups is 2. The van der Waals surface area contributed by atoms with Crippen LogP contribution in [0.1, 0.15) is 44.0 Å². The minimum Gasteiger partial charge on any atom is -0.479 e. The van der Waals surface area contributed by atoms with E-state index in [0.29, 0.717) is 11.4 Å². The Morgan fingerprint density at radius 1 is 1.36 bits per heavy atom. The van der Waals surface area contributed by atoms with Crippen molar-refractivity contribution in [2.45, 2.75) is 66.2 Å². The van der Waals surface area contributed by atoms with E-state index in [4.69, 9.17) is 9.47 Å². The Morgan fingerprint density at radius 3 is 2.68 bits per heavy atom. The normalized spacial score (nSPS) is 18.3. The van der Waals surface area contributed by atoms with E-state index in [1.54, 1.807) is 25.2 Å². The lowest BCUT2D eigenvalue weighted by atomic mass is 10.1. The molecule has 0 fully saturated rings. The molecule has 0 saturated carbocycles. The monoisotopic (exact) mass is 402 g/mol. The van der Waals surface area contributed by atoms with Gasteiger partial charge in [0, 0.05) is 10.4 Å². The van der Waals surface area contributed by atoms with Crippen LogP contribution >= 0.6 is 11.3 Å². The zero-order valence-corrected chi connectivity index (χ0v) is 17.9. The number of aromatic nitrogens is 1. The predicted molar refractivity (Wildman–Crippen MR) is 110 cm³/mol. The standard InChI is InChI=1S/C21H26N2O4S/c1-7-11(2)26-21(25)12(3)23-17-10-16(19-14(5)28-15(6)22-19)8-9-18(17)27-13(4)20(23)24/h8-13H,7H2,1-6H3. The average Bonchev–Trinajstić information content (AvgIpc) is 3.00. The van der Waals surface area contributed by atoms with Crippen LogP contribution in [-0.4, -0.2) is 35.1 Å². The van der Waals surface area contributed by atoms with Gasteiger partial charge in [0.25, 0.3) is 5.91 Å². The number of fused-ring (bicyclic) bond motifs is 1. The molecule has 150 valence electrons. The maximum atomic E-state index is 12.9. The molecule has 28 heavy (non-hydrogen) atoms. The average molecular weight is 403 g/mol. The van der Waals surface area contributed by atoms with Crippen molar-refractivity contribution < 1.29 is 19.1 Å². The number of ether oxygens (including phenoxy) is 2. The van der Waals surface area contributed by atoms with Gasteiger partial charge in [0.15, 0.2) is 6.10 Å². The summed E-state index contributed by atoms with van der Waals surface area (Å²) in [6, 6.07) is 4.89. The number of thiazole rings is 1. The van der Waals surface area contributed by atoms with Gasteiger partial charge in [-0.05, 0) is 59.2 Å². The highest BCUT2D eigenvalue weighted by Crippen LogP contribution is 2.39. The Kier molecular flexibility index (Phi) is 5.74. The van der Waals surface area contributed by atoms with Crippen molar-refractivity contribution in [1.29, 1.82) is 0 Å². The fraction of sp³-hybridized carbons (Fsp3) is 0.476. The molecule has 1 amide bonds. The highest BCUT2D eigenvalue weighted by molar-refractivity contribution is 7.11. The lowest BCUT2D eigenvalue weighted by Crippen LogP contribution is -2.52. The molecule has 1 aliphatic heterocycles. The van der Waals surface area contributed by atoms with Gasteiger partial charge in [0.2, 0.25) is 0 Å². The van der Waals surface area contributed by atoms with Crippen LogP contribution in [0.3, 0.4) is 0 Å². The Hall–Kier alpha value is -2.41. The molecule has 2 heterocycles. The first-order valence-corrected chi connectivity index (χ1v) is 10.3. The summed E-state index contributed by atoms with van der Waals surface area (Å²) in [5, 5.41) is 0.980. The summed E-state index contributed by atoms with van der Waals surface area (Å²) < 4.78 is 11.2. The van der Waals surface area contributed by atoms with Crippen LogP contribution in [0.4, 0.5) is 5.69 Å². The van der Waals surface area contributed by atoms with Crippen molar-refractivity contribution in [3.8, 4) is 17.0 Å². The van der Waals surface area contributed by atoms with Crippen LogP contribution in [0, 0.1) is 13.8 Å². The number of carbonyl (C=O) groups excluding carboxylic acids is 2. The summed E-state index contributed by atoms with van der Waals surface area (Å²) in [5.41, 5.74) is 2.34. The van der Waals surface area contributed by atoms with E-state index in [2.05, 4.69) is 4.98 Å². The van der Waals surface area contributed by atoms with Crippen LogP contribution < -0.4 is 9.64 Å². The maximum Gasteiger partial charge on any atom is 0.329 e. The van der Waals surface area contributed by atoms with Gasteiger partial charge >= 0.3 is 5.97 Å². The van der Waals surface area contributed by atoms with E-state index < -0.39 is 18.1 Å². The number of anilines is 1. The van der Waals surface area contributed by atoms with Crippen molar-refractivity contribution in [3.63, 3.8) is 0 Å². The number of esters is 1. The first-order chi connectivity index (χ1) is 13.2. The first-order valence-electron chi connectivity index (χ1n) is 9.51. The number of rotatable bonds is 5. The first kappa shape index (κ1) is 20.3. The third-order valence-electron chi connectivity index (χ3n) is 4.91. The molecule has 1 aromatic heterocycles. The molecule has 0 radical (unpaired) electrons. The summed E-state index contributed by atoms with van der Waals surface area (Å²) in [6.45, 7) is 11.2. The molecule has 7 heteroatoms. The fourth-order valence-corrected chi connectivity index (χ4v) is 4.03. The van der Waals surface area contributed by atoms with Crippen LogP contribution in [-0.2, 0) is 14.3 Å². The molecule has 2 aromatic rings. The van der Waals surface area contributed by atoms with Crippen LogP contribution in [0.2, 0.25) is 0 Å². The second kappa shape index (κ2) is 7.91. The third kappa shape index (κ3) is 3.76. The molecule has 3 rings (SSSR count).